The molecule has 0 amide bonds. The van der Waals surface area contributed by atoms with E-state index in [1.807, 2.05) is 6.92 Å². The summed E-state index contributed by atoms with van der Waals surface area (Å²) in [6.45, 7) is 3.87. The zero-order valence-corrected chi connectivity index (χ0v) is 28.7. The molecule has 0 saturated carbocycles. The SMILES string of the molecule is CCCC1=C(C(=O)OCC)[C@H](c2cc(Cl)ccc2OC)n2c(s/c(=C/c3cc(Br)c(OCc4ccccc4F)c(OC)c3)c2=O)=N1. The van der Waals surface area contributed by atoms with Crippen LogP contribution in [0.3, 0.4) is 0 Å². The van der Waals surface area contributed by atoms with Crippen LogP contribution in [0.1, 0.15) is 49.4 Å². The number of aromatic nitrogens is 1. The summed E-state index contributed by atoms with van der Waals surface area (Å²) >= 11 is 11.2. The minimum absolute atomic E-state index is 0.00453. The number of carbonyl (C=O) groups excluding carboxylic acids is 1. The Morgan fingerprint density at radius 1 is 1.11 bits per heavy atom. The van der Waals surface area contributed by atoms with E-state index < -0.39 is 12.0 Å². The van der Waals surface area contributed by atoms with E-state index in [0.29, 0.717) is 64.9 Å². The first-order chi connectivity index (χ1) is 22.2. The second-order valence-corrected chi connectivity index (χ2v) is 12.5. The maximum absolute atomic E-state index is 14.2. The highest BCUT2D eigenvalue weighted by atomic mass is 79.9. The molecule has 46 heavy (non-hydrogen) atoms. The van der Waals surface area contributed by atoms with Gasteiger partial charge in [0.15, 0.2) is 16.3 Å². The number of ether oxygens (including phenoxy) is 4. The van der Waals surface area contributed by atoms with Crippen LogP contribution >= 0.6 is 38.9 Å². The first kappa shape index (κ1) is 33.4. The summed E-state index contributed by atoms with van der Waals surface area (Å²) in [4.78, 5) is 32.9. The molecule has 1 aliphatic rings. The fourth-order valence-electron chi connectivity index (χ4n) is 5.21. The Bertz CT molecular complexity index is 2010. The van der Waals surface area contributed by atoms with Gasteiger partial charge in [0.25, 0.3) is 5.56 Å². The molecule has 0 aliphatic carbocycles. The third-order valence-corrected chi connectivity index (χ3v) is 9.06. The molecule has 0 unspecified atom stereocenters. The normalized spacial score (nSPS) is 14.5. The van der Waals surface area contributed by atoms with Crippen LogP contribution in [0.2, 0.25) is 5.02 Å². The lowest BCUT2D eigenvalue weighted by atomic mass is 9.93. The van der Waals surface area contributed by atoms with E-state index in [0.717, 1.165) is 6.42 Å². The zero-order chi connectivity index (χ0) is 33.0. The molecular weight excluding hydrogens is 699 g/mol. The summed E-state index contributed by atoms with van der Waals surface area (Å²) in [6, 6.07) is 14.1. The molecule has 8 nitrogen and oxygen atoms in total. The van der Waals surface area contributed by atoms with Crippen LogP contribution in [0, 0.1) is 5.82 Å². The van der Waals surface area contributed by atoms with E-state index in [1.54, 1.807) is 61.5 Å². The van der Waals surface area contributed by atoms with Gasteiger partial charge >= 0.3 is 5.97 Å². The van der Waals surface area contributed by atoms with Gasteiger partial charge in [0.2, 0.25) is 0 Å². The molecule has 4 aromatic rings. The number of nitrogens with zero attached hydrogens (tertiary/aromatic N) is 2. The van der Waals surface area contributed by atoms with E-state index in [-0.39, 0.29) is 30.2 Å². The molecule has 3 aromatic carbocycles. The van der Waals surface area contributed by atoms with E-state index >= 15 is 0 Å². The van der Waals surface area contributed by atoms with Crippen molar-refractivity contribution in [2.45, 2.75) is 39.3 Å². The zero-order valence-electron chi connectivity index (χ0n) is 25.6. The molecular formula is C34H31BrClFN2O6S. The topological polar surface area (TPSA) is 88.4 Å². The number of allylic oxidation sites excluding steroid dienone is 1. The predicted molar refractivity (Wildman–Crippen MR) is 179 cm³/mol. The van der Waals surface area contributed by atoms with Gasteiger partial charge in [-0.25, -0.2) is 14.2 Å². The molecule has 0 bridgehead atoms. The Kier molecular flexibility index (Phi) is 10.7. The number of fused-ring (bicyclic) bond motifs is 1. The van der Waals surface area contributed by atoms with Gasteiger partial charge in [-0.1, -0.05) is 54.5 Å². The highest BCUT2D eigenvalue weighted by molar-refractivity contribution is 9.10. The maximum atomic E-state index is 14.2. The van der Waals surface area contributed by atoms with Crippen LogP contribution in [0.5, 0.6) is 17.2 Å². The Labute approximate surface area is 282 Å². The van der Waals surface area contributed by atoms with Crippen molar-refractivity contribution in [2.75, 3.05) is 20.8 Å². The highest BCUT2D eigenvalue weighted by Crippen LogP contribution is 2.39. The van der Waals surface area contributed by atoms with E-state index in [4.69, 9.17) is 35.5 Å². The summed E-state index contributed by atoms with van der Waals surface area (Å²) in [6.07, 6.45) is 2.93. The van der Waals surface area contributed by atoms with Crippen LogP contribution < -0.4 is 29.1 Å². The van der Waals surface area contributed by atoms with Crippen LogP contribution in [0.4, 0.5) is 4.39 Å². The lowest BCUT2D eigenvalue weighted by molar-refractivity contribution is -0.139. The molecule has 1 aromatic heterocycles. The number of methoxy groups -OCH3 is 2. The van der Waals surface area contributed by atoms with Gasteiger partial charge in [-0.2, -0.15) is 0 Å². The second kappa shape index (κ2) is 14.7. The monoisotopic (exact) mass is 728 g/mol. The van der Waals surface area contributed by atoms with Crippen molar-refractivity contribution in [1.29, 1.82) is 0 Å². The maximum Gasteiger partial charge on any atom is 0.338 e. The summed E-state index contributed by atoms with van der Waals surface area (Å²) < 4.78 is 39.3. The van der Waals surface area contributed by atoms with Crippen molar-refractivity contribution in [2.24, 2.45) is 4.99 Å². The van der Waals surface area contributed by atoms with Crippen molar-refractivity contribution in [3.8, 4) is 17.2 Å². The van der Waals surface area contributed by atoms with Crippen LogP contribution in [-0.2, 0) is 16.1 Å². The van der Waals surface area contributed by atoms with Crippen LogP contribution in [0.15, 0.2) is 80.1 Å². The first-order valence-electron chi connectivity index (χ1n) is 14.5. The molecule has 0 saturated heterocycles. The molecule has 12 heteroatoms. The fourth-order valence-corrected chi connectivity index (χ4v) is 6.99. The fraction of sp³-hybridized carbons (Fsp3) is 0.265. The molecule has 1 aliphatic heterocycles. The Hall–Kier alpha value is -3.93. The van der Waals surface area contributed by atoms with Gasteiger partial charge in [0.1, 0.15) is 24.2 Å². The molecule has 1 atom stereocenters. The van der Waals surface area contributed by atoms with Gasteiger partial charge in [-0.3, -0.25) is 9.36 Å². The Balaban J connectivity index is 1.65. The predicted octanol–water partition coefficient (Wildman–Crippen LogP) is 6.73. The van der Waals surface area contributed by atoms with Gasteiger partial charge in [0, 0.05) is 16.1 Å². The van der Waals surface area contributed by atoms with Gasteiger partial charge in [-0.15, -0.1) is 0 Å². The third-order valence-electron chi connectivity index (χ3n) is 7.26. The van der Waals surface area contributed by atoms with E-state index in [2.05, 4.69) is 15.9 Å². The van der Waals surface area contributed by atoms with Crippen molar-refractivity contribution in [1.82, 2.24) is 4.57 Å². The van der Waals surface area contributed by atoms with E-state index in [9.17, 15) is 14.0 Å². The molecule has 2 heterocycles. The summed E-state index contributed by atoms with van der Waals surface area (Å²) in [5.74, 6) is 0.312. The largest absolute Gasteiger partial charge is 0.496 e. The molecule has 240 valence electrons. The van der Waals surface area contributed by atoms with Crippen molar-refractivity contribution >= 4 is 50.9 Å². The highest BCUT2D eigenvalue weighted by Gasteiger charge is 2.36. The minimum Gasteiger partial charge on any atom is -0.496 e. The average molecular weight is 730 g/mol. The summed E-state index contributed by atoms with van der Waals surface area (Å²) in [5, 5.41) is 0.421. The minimum atomic E-state index is -0.886. The average Bonchev–Trinajstić information content (AvgIpc) is 3.34. The number of benzene rings is 3. The molecule has 0 radical (unpaired) electrons. The number of hydrogen-bond acceptors (Lipinski definition) is 8. The molecule has 0 N–H and O–H groups in total. The molecule has 0 fully saturated rings. The standard InChI is InChI=1S/C34H31BrClFN2O6S/c1-5-9-25-29(33(41)44-6-2)30(22-17-21(36)12-13-26(22)42-3)39-32(40)28(46-34(39)38-25)16-19-14-23(35)31(27(15-19)43-4)45-18-20-10-7-8-11-24(20)37/h7-8,10-17,30H,5-6,9,18H2,1-4H3/b28-16+/t30-/m0/s1. The number of carbonyl (C=O) groups is 1. The summed E-state index contributed by atoms with van der Waals surface area (Å²) in [7, 11) is 3.02. The van der Waals surface area contributed by atoms with Crippen molar-refractivity contribution < 1.29 is 28.1 Å². The number of halogens is 3. The van der Waals surface area contributed by atoms with Gasteiger partial charge < -0.3 is 18.9 Å². The van der Waals surface area contributed by atoms with E-state index in [1.165, 1.54) is 36.2 Å². The number of rotatable bonds is 11. The Morgan fingerprint density at radius 2 is 1.87 bits per heavy atom. The lowest BCUT2D eigenvalue weighted by Crippen LogP contribution is -2.40. The third kappa shape index (κ3) is 6.77. The van der Waals surface area contributed by atoms with Crippen LogP contribution in [-0.4, -0.2) is 31.4 Å². The van der Waals surface area contributed by atoms with Crippen LogP contribution in [0.25, 0.3) is 6.08 Å². The van der Waals surface area contributed by atoms with Crippen molar-refractivity contribution in [3.05, 3.63) is 118 Å². The number of hydrogen-bond donors (Lipinski definition) is 0. The summed E-state index contributed by atoms with van der Waals surface area (Å²) in [5.41, 5.74) is 2.03. The van der Waals surface area contributed by atoms with Crippen molar-refractivity contribution in [3.63, 3.8) is 0 Å². The van der Waals surface area contributed by atoms with Gasteiger partial charge in [-0.05, 0) is 77.3 Å². The van der Waals surface area contributed by atoms with Gasteiger partial charge in [0.05, 0.1) is 41.1 Å². The molecule has 0 spiro atoms. The molecule has 5 rings (SSSR count). The number of thiazole rings is 1. The smallest absolute Gasteiger partial charge is 0.338 e. The lowest BCUT2D eigenvalue weighted by Gasteiger charge is -2.27. The first-order valence-corrected chi connectivity index (χ1v) is 16.5. The Morgan fingerprint density at radius 3 is 2.57 bits per heavy atom. The second-order valence-electron chi connectivity index (χ2n) is 10.2. The quantitative estimate of drug-likeness (QED) is 0.159. The number of esters is 1.